The van der Waals surface area contributed by atoms with Gasteiger partial charge in [0.05, 0.1) is 7.11 Å². The van der Waals surface area contributed by atoms with E-state index in [0.29, 0.717) is 6.04 Å². The molecule has 0 aliphatic heterocycles. The van der Waals surface area contributed by atoms with Crippen LogP contribution >= 0.6 is 15.9 Å². The maximum Gasteiger partial charge on any atom is 0.118 e. The topological polar surface area (TPSA) is 21.3 Å². The molecule has 2 rings (SSSR count). The van der Waals surface area contributed by atoms with Crippen LogP contribution in [-0.2, 0) is 12.8 Å². The molecule has 2 nitrogen and oxygen atoms in total. The number of ether oxygens (including phenoxy) is 1. The Hall–Kier alpha value is -1.32. The Morgan fingerprint density at radius 2 is 1.64 bits per heavy atom. The summed E-state index contributed by atoms with van der Waals surface area (Å²) in [6.45, 7) is 3.29. The van der Waals surface area contributed by atoms with Gasteiger partial charge in [-0.05, 0) is 68.1 Å². The Balaban J connectivity index is 1.66. The predicted octanol–water partition coefficient (Wildman–Crippen LogP) is 4.61. The van der Waals surface area contributed by atoms with Crippen molar-refractivity contribution in [2.24, 2.45) is 0 Å². The Kier molecular flexibility index (Phi) is 6.94. The van der Waals surface area contributed by atoms with E-state index in [4.69, 9.17) is 4.74 Å². The molecule has 0 fully saturated rings. The largest absolute Gasteiger partial charge is 0.497 e. The lowest BCUT2D eigenvalue weighted by atomic mass is 10.1. The zero-order valence-electron chi connectivity index (χ0n) is 13.3. The van der Waals surface area contributed by atoms with Crippen molar-refractivity contribution in [3.05, 3.63) is 64.1 Å². The molecular formula is C19H24BrNO. The molecule has 0 spiro atoms. The molecule has 0 bridgehead atoms. The van der Waals surface area contributed by atoms with Crippen LogP contribution in [0.4, 0.5) is 0 Å². The van der Waals surface area contributed by atoms with Gasteiger partial charge in [-0.15, -0.1) is 0 Å². The minimum atomic E-state index is 0.497. The van der Waals surface area contributed by atoms with Crippen LogP contribution in [0.5, 0.6) is 5.75 Å². The van der Waals surface area contributed by atoms with E-state index in [1.165, 1.54) is 11.1 Å². The molecular weight excluding hydrogens is 338 g/mol. The van der Waals surface area contributed by atoms with E-state index < -0.39 is 0 Å². The number of methoxy groups -OCH3 is 1. The number of hydrogen-bond donors (Lipinski definition) is 1. The van der Waals surface area contributed by atoms with Gasteiger partial charge >= 0.3 is 0 Å². The molecule has 3 heteroatoms. The number of aryl methyl sites for hydroxylation is 1. The smallest absolute Gasteiger partial charge is 0.118 e. The van der Waals surface area contributed by atoms with E-state index in [1.54, 1.807) is 7.11 Å². The number of hydrogen-bond acceptors (Lipinski definition) is 2. The van der Waals surface area contributed by atoms with Gasteiger partial charge in [-0.25, -0.2) is 0 Å². The Morgan fingerprint density at radius 1 is 1.00 bits per heavy atom. The van der Waals surface area contributed by atoms with Crippen molar-refractivity contribution in [3.8, 4) is 5.75 Å². The third kappa shape index (κ3) is 5.82. The highest BCUT2D eigenvalue weighted by molar-refractivity contribution is 9.10. The molecule has 22 heavy (non-hydrogen) atoms. The summed E-state index contributed by atoms with van der Waals surface area (Å²) in [5.74, 6) is 0.921. The highest BCUT2D eigenvalue weighted by Gasteiger charge is 2.03. The van der Waals surface area contributed by atoms with Gasteiger partial charge in [0.15, 0.2) is 0 Å². The van der Waals surface area contributed by atoms with Crippen LogP contribution in [0.15, 0.2) is 53.0 Å². The highest BCUT2D eigenvalue weighted by Crippen LogP contribution is 2.13. The van der Waals surface area contributed by atoms with Gasteiger partial charge in [0.25, 0.3) is 0 Å². The molecule has 0 radical (unpaired) electrons. The van der Waals surface area contributed by atoms with Crippen LogP contribution in [0.2, 0.25) is 0 Å². The van der Waals surface area contributed by atoms with Crippen LogP contribution in [-0.4, -0.2) is 19.7 Å². The molecule has 0 aromatic heterocycles. The molecule has 0 amide bonds. The molecule has 0 heterocycles. The summed E-state index contributed by atoms with van der Waals surface area (Å²) in [5.41, 5.74) is 2.74. The molecule has 1 unspecified atom stereocenters. The first-order valence-corrected chi connectivity index (χ1v) is 8.57. The van der Waals surface area contributed by atoms with Gasteiger partial charge in [-0.3, -0.25) is 0 Å². The normalized spacial score (nSPS) is 12.1. The molecule has 118 valence electrons. The number of rotatable bonds is 8. The Bertz CT molecular complexity index is 551. The maximum atomic E-state index is 5.17. The lowest BCUT2D eigenvalue weighted by molar-refractivity contribution is 0.414. The summed E-state index contributed by atoms with van der Waals surface area (Å²) in [4.78, 5) is 0. The fourth-order valence-corrected chi connectivity index (χ4v) is 2.74. The average Bonchev–Trinajstić information content (AvgIpc) is 2.54. The third-order valence-corrected chi connectivity index (χ3v) is 4.28. The first-order valence-electron chi connectivity index (χ1n) is 7.78. The van der Waals surface area contributed by atoms with Crippen molar-refractivity contribution in [3.63, 3.8) is 0 Å². The Morgan fingerprint density at radius 3 is 2.27 bits per heavy atom. The number of nitrogens with one attached hydrogen (secondary N) is 1. The summed E-state index contributed by atoms with van der Waals surface area (Å²) in [5, 5.41) is 3.60. The summed E-state index contributed by atoms with van der Waals surface area (Å²) in [6.07, 6.45) is 3.31. The van der Waals surface area contributed by atoms with Crippen molar-refractivity contribution in [1.82, 2.24) is 5.32 Å². The number of halogens is 1. The predicted molar refractivity (Wildman–Crippen MR) is 96.6 cm³/mol. The Labute approximate surface area is 142 Å². The van der Waals surface area contributed by atoms with Crippen LogP contribution in [0, 0.1) is 0 Å². The second-order valence-corrected chi connectivity index (χ2v) is 6.55. The average molecular weight is 362 g/mol. The molecule has 0 aliphatic rings. The van der Waals surface area contributed by atoms with E-state index in [0.717, 1.165) is 36.0 Å². The quantitative estimate of drug-likeness (QED) is 0.693. The summed E-state index contributed by atoms with van der Waals surface area (Å²) >= 11 is 3.47. The van der Waals surface area contributed by atoms with Crippen molar-refractivity contribution in [2.75, 3.05) is 13.7 Å². The zero-order valence-corrected chi connectivity index (χ0v) is 14.9. The third-order valence-electron chi connectivity index (χ3n) is 3.75. The molecule has 1 N–H and O–H groups in total. The zero-order chi connectivity index (χ0) is 15.8. The second kappa shape index (κ2) is 8.96. The maximum absolute atomic E-state index is 5.17. The van der Waals surface area contributed by atoms with E-state index >= 15 is 0 Å². The van der Waals surface area contributed by atoms with Gasteiger partial charge in [0.2, 0.25) is 0 Å². The van der Waals surface area contributed by atoms with Gasteiger partial charge in [-0.1, -0.05) is 40.2 Å². The van der Waals surface area contributed by atoms with Gasteiger partial charge in [-0.2, -0.15) is 0 Å². The monoisotopic (exact) mass is 361 g/mol. The fraction of sp³-hybridized carbons (Fsp3) is 0.368. The molecule has 0 saturated carbocycles. The molecule has 0 aliphatic carbocycles. The van der Waals surface area contributed by atoms with E-state index in [1.807, 2.05) is 12.1 Å². The van der Waals surface area contributed by atoms with Crippen LogP contribution in [0.1, 0.15) is 24.5 Å². The van der Waals surface area contributed by atoms with Crippen molar-refractivity contribution >= 4 is 15.9 Å². The summed E-state index contributed by atoms with van der Waals surface area (Å²) < 4.78 is 6.31. The fourth-order valence-electron chi connectivity index (χ4n) is 2.48. The second-order valence-electron chi connectivity index (χ2n) is 5.64. The van der Waals surface area contributed by atoms with E-state index in [-0.39, 0.29) is 0 Å². The van der Waals surface area contributed by atoms with Gasteiger partial charge < -0.3 is 10.1 Å². The molecule has 1 atom stereocenters. The SMILES string of the molecule is COc1ccc(CCCNC(C)Cc2ccc(Br)cc2)cc1. The summed E-state index contributed by atoms with van der Waals surface area (Å²) in [6, 6.07) is 17.4. The van der Waals surface area contributed by atoms with Gasteiger partial charge in [0, 0.05) is 10.5 Å². The standard InChI is InChI=1S/C19H24BrNO/c1-15(14-17-5-9-18(20)10-6-17)21-13-3-4-16-7-11-19(22-2)12-8-16/h5-12,15,21H,3-4,13-14H2,1-2H3. The molecule has 2 aromatic rings. The van der Waals surface area contributed by atoms with Crippen LogP contribution in [0.3, 0.4) is 0 Å². The highest BCUT2D eigenvalue weighted by atomic mass is 79.9. The van der Waals surface area contributed by atoms with Crippen molar-refractivity contribution < 1.29 is 4.74 Å². The minimum absolute atomic E-state index is 0.497. The molecule has 2 aromatic carbocycles. The lowest BCUT2D eigenvalue weighted by Gasteiger charge is -2.14. The van der Waals surface area contributed by atoms with Crippen molar-refractivity contribution in [2.45, 2.75) is 32.2 Å². The minimum Gasteiger partial charge on any atom is -0.497 e. The van der Waals surface area contributed by atoms with Crippen molar-refractivity contribution in [1.29, 1.82) is 0 Å². The lowest BCUT2D eigenvalue weighted by Crippen LogP contribution is -2.29. The molecule has 0 saturated heterocycles. The first-order chi connectivity index (χ1) is 10.7. The van der Waals surface area contributed by atoms with Gasteiger partial charge in [0.1, 0.15) is 5.75 Å². The van der Waals surface area contributed by atoms with Crippen LogP contribution < -0.4 is 10.1 Å². The van der Waals surface area contributed by atoms with E-state index in [9.17, 15) is 0 Å². The van der Waals surface area contributed by atoms with E-state index in [2.05, 4.69) is 64.6 Å². The van der Waals surface area contributed by atoms with Crippen LogP contribution in [0.25, 0.3) is 0 Å². The first kappa shape index (κ1) is 17.0. The number of benzene rings is 2. The summed E-state index contributed by atoms with van der Waals surface area (Å²) in [7, 11) is 1.70.